The average Bonchev–Trinajstić information content (AvgIpc) is 2.47. The lowest BCUT2D eigenvalue weighted by Gasteiger charge is -2.32. The number of hydrogen-bond donors (Lipinski definition) is 1. The molecule has 2 nitrogen and oxygen atoms in total. The van der Waals surface area contributed by atoms with E-state index in [1.165, 1.54) is 24.0 Å². The molecule has 0 spiro atoms. The van der Waals surface area contributed by atoms with E-state index in [2.05, 4.69) is 24.3 Å². The molecule has 1 heterocycles. The molecule has 1 N–H and O–H groups in total. The van der Waals surface area contributed by atoms with Crippen molar-refractivity contribution in [2.24, 2.45) is 5.92 Å². The number of benzene rings is 1. The van der Waals surface area contributed by atoms with Crippen LogP contribution in [0.1, 0.15) is 49.1 Å². The van der Waals surface area contributed by atoms with Crippen molar-refractivity contribution in [3.63, 3.8) is 0 Å². The monoisotopic (exact) mass is 260 g/mol. The Bertz CT molecular complexity index is 409. The Balaban J connectivity index is 1.68. The summed E-state index contributed by atoms with van der Waals surface area (Å²) in [5.41, 5.74) is 2.85. The van der Waals surface area contributed by atoms with Crippen LogP contribution in [0.2, 0.25) is 0 Å². The topological polar surface area (TPSA) is 29.5 Å². The van der Waals surface area contributed by atoms with Crippen molar-refractivity contribution in [2.45, 2.75) is 50.5 Å². The van der Waals surface area contributed by atoms with E-state index in [1.54, 1.807) is 0 Å². The van der Waals surface area contributed by atoms with Crippen LogP contribution in [0.5, 0.6) is 0 Å². The standard InChI is InChI=1S/C17H24O2/c18-17(12-13-8-10-19-11-9-13)16-7-3-5-14-4-1-2-6-15(14)16/h1-2,4,6,13,16-18H,3,5,7-12H2. The third-order valence-electron chi connectivity index (χ3n) is 4.80. The lowest BCUT2D eigenvalue weighted by molar-refractivity contribution is 0.0358. The number of aliphatic hydroxyl groups is 1. The van der Waals surface area contributed by atoms with Gasteiger partial charge in [0, 0.05) is 19.1 Å². The van der Waals surface area contributed by atoms with E-state index in [9.17, 15) is 5.11 Å². The van der Waals surface area contributed by atoms with E-state index in [1.807, 2.05) is 0 Å². The van der Waals surface area contributed by atoms with E-state index in [-0.39, 0.29) is 6.10 Å². The summed E-state index contributed by atoms with van der Waals surface area (Å²) in [5.74, 6) is 1.01. The van der Waals surface area contributed by atoms with Gasteiger partial charge in [-0.2, -0.15) is 0 Å². The molecule has 1 aliphatic carbocycles. The lowest BCUT2D eigenvalue weighted by atomic mass is 9.77. The number of hydrogen-bond acceptors (Lipinski definition) is 2. The minimum absolute atomic E-state index is 0.176. The summed E-state index contributed by atoms with van der Waals surface area (Å²) in [4.78, 5) is 0. The molecule has 1 aromatic rings. The van der Waals surface area contributed by atoms with Gasteiger partial charge < -0.3 is 9.84 Å². The molecule has 1 saturated heterocycles. The first-order valence-electron chi connectivity index (χ1n) is 7.68. The largest absolute Gasteiger partial charge is 0.392 e. The van der Waals surface area contributed by atoms with Gasteiger partial charge in [-0.1, -0.05) is 24.3 Å². The van der Waals surface area contributed by atoms with E-state index in [4.69, 9.17) is 4.74 Å². The third kappa shape index (κ3) is 3.01. The summed E-state index contributed by atoms with van der Waals surface area (Å²) in [7, 11) is 0. The highest BCUT2D eigenvalue weighted by Gasteiger charge is 2.28. The van der Waals surface area contributed by atoms with Crippen LogP contribution in [-0.2, 0) is 11.2 Å². The Hall–Kier alpha value is -0.860. The van der Waals surface area contributed by atoms with Crippen LogP contribution in [0, 0.1) is 5.92 Å². The molecule has 0 aromatic heterocycles. The molecule has 2 aliphatic rings. The van der Waals surface area contributed by atoms with E-state index in [0.29, 0.717) is 11.8 Å². The predicted octanol–water partition coefficient (Wildman–Crippen LogP) is 3.28. The second-order valence-corrected chi connectivity index (χ2v) is 6.06. The van der Waals surface area contributed by atoms with Crippen LogP contribution >= 0.6 is 0 Å². The van der Waals surface area contributed by atoms with Gasteiger partial charge in [0.1, 0.15) is 0 Å². The maximum absolute atomic E-state index is 10.6. The predicted molar refractivity (Wildman–Crippen MR) is 76.3 cm³/mol. The zero-order valence-corrected chi connectivity index (χ0v) is 11.6. The maximum atomic E-state index is 10.6. The molecule has 2 atom stereocenters. The number of rotatable bonds is 3. The summed E-state index contributed by atoms with van der Waals surface area (Å²) in [6, 6.07) is 8.67. The maximum Gasteiger partial charge on any atom is 0.0611 e. The van der Waals surface area contributed by atoms with Crippen LogP contribution in [0.25, 0.3) is 0 Å². The molecule has 1 fully saturated rings. The molecular formula is C17H24O2. The van der Waals surface area contributed by atoms with Crippen molar-refractivity contribution in [3.8, 4) is 0 Å². The zero-order chi connectivity index (χ0) is 13.1. The molecule has 19 heavy (non-hydrogen) atoms. The number of ether oxygens (including phenoxy) is 1. The molecule has 2 heteroatoms. The molecular weight excluding hydrogens is 236 g/mol. The molecule has 0 radical (unpaired) electrons. The van der Waals surface area contributed by atoms with Crippen LogP contribution in [-0.4, -0.2) is 24.4 Å². The van der Waals surface area contributed by atoms with Crippen molar-refractivity contribution < 1.29 is 9.84 Å². The van der Waals surface area contributed by atoms with E-state index in [0.717, 1.165) is 38.9 Å². The molecule has 3 rings (SSSR count). The molecule has 1 aliphatic heterocycles. The Morgan fingerprint density at radius 1 is 1.16 bits per heavy atom. The summed E-state index contributed by atoms with van der Waals surface area (Å²) in [6.07, 6.45) is 6.54. The first kappa shape index (κ1) is 13.1. The first-order valence-corrected chi connectivity index (χ1v) is 7.68. The number of aliphatic hydroxyl groups excluding tert-OH is 1. The van der Waals surface area contributed by atoms with Crippen molar-refractivity contribution in [1.82, 2.24) is 0 Å². The molecule has 0 amide bonds. The summed E-state index contributed by atoms with van der Waals surface area (Å²) >= 11 is 0. The normalized spacial score (nSPS) is 25.8. The smallest absolute Gasteiger partial charge is 0.0611 e. The highest BCUT2D eigenvalue weighted by molar-refractivity contribution is 5.33. The van der Waals surface area contributed by atoms with Crippen molar-refractivity contribution in [2.75, 3.05) is 13.2 Å². The quantitative estimate of drug-likeness (QED) is 0.903. The van der Waals surface area contributed by atoms with Crippen molar-refractivity contribution >= 4 is 0 Å². The molecule has 104 valence electrons. The Morgan fingerprint density at radius 2 is 1.95 bits per heavy atom. The van der Waals surface area contributed by atoms with Crippen LogP contribution in [0.4, 0.5) is 0 Å². The zero-order valence-electron chi connectivity index (χ0n) is 11.6. The van der Waals surface area contributed by atoms with Crippen molar-refractivity contribution in [3.05, 3.63) is 35.4 Å². The molecule has 1 aromatic carbocycles. The van der Waals surface area contributed by atoms with Crippen LogP contribution in [0.3, 0.4) is 0 Å². The van der Waals surface area contributed by atoms with Gasteiger partial charge in [-0.15, -0.1) is 0 Å². The van der Waals surface area contributed by atoms with Crippen LogP contribution in [0.15, 0.2) is 24.3 Å². The Labute approximate surface area is 115 Å². The van der Waals surface area contributed by atoms with Gasteiger partial charge in [-0.05, 0) is 55.6 Å². The molecule has 0 bridgehead atoms. The summed E-state index contributed by atoms with van der Waals surface area (Å²) < 4.78 is 5.40. The second kappa shape index (κ2) is 6.06. The highest BCUT2D eigenvalue weighted by atomic mass is 16.5. The van der Waals surface area contributed by atoms with Gasteiger partial charge in [0.15, 0.2) is 0 Å². The summed E-state index contributed by atoms with van der Waals surface area (Å²) in [5, 5.41) is 10.6. The minimum Gasteiger partial charge on any atom is -0.392 e. The SMILES string of the molecule is OC(CC1CCOCC1)C1CCCc2ccccc21. The van der Waals surface area contributed by atoms with Gasteiger partial charge >= 0.3 is 0 Å². The average molecular weight is 260 g/mol. The van der Waals surface area contributed by atoms with E-state index < -0.39 is 0 Å². The second-order valence-electron chi connectivity index (χ2n) is 6.06. The van der Waals surface area contributed by atoms with Gasteiger partial charge in [-0.3, -0.25) is 0 Å². The fraction of sp³-hybridized carbons (Fsp3) is 0.647. The van der Waals surface area contributed by atoms with Gasteiger partial charge in [0.2, 0.25) is 0 Å². The van der Waals surface area contributed by atoms with Crippen molar-refractivity contribution in [1.29, 1.82) is 0 Å². The molecule has 0 saturated carbocycles. The van der Waals surface area contributed by atoms with Gasteiger partial charge in [-0.25, -0.2) is 0 Å². The molecule has 2 unspecified atom stereocenters. The van der Waals surface area contributed by atoms with Gasteiger partial charge in [0.25, 0.3) is 0 Å². The fourth-order valence-electron chi connectivity index (χ4n) is 3.68. The fourth-order valence-corrected chi connectivity index (χ4v) is 3.68. The number of fused-ring (bicyclic) bond motifs is 1. The minimum atomic E-state index is -0.176. The third-order valence-corrected chi connectivity index (χ3v) is 4.80. The first-order chi connectivity index (χ1) is 9.34. The Morgan fingerprint density at radius 3 is 2.79 bits per heavy atom. The van der Waals surface area contributed by atoms with E-state index >= 15 is 0 Å². The lowest BCUT2D eigenvalue weighted by Crippen LogP contribution is -2.27. The Kier molecular flexibility index (Phi) is 4.19. The summed E-state index contributed by atoms with van der Waals surface area (Å²) in [6.45, 7) is 1.75. The van der Waals surface area contributed by atoms with Gasteiger partial charge in [0.05, 0.1) is 6.10 Å². The number of aryl methyl sites for hydroxylation is 1. The highest BCUT2D eigenvalue weighted by Crippen LogP contribution is 2.36. The van der Waals surface area contributed by atoms with Crippen LogP contribution < -0.4 is 0 Å².